The molecule has 1 aromatic rings. The van der Waals surface area contributed by atoms with E-state index in [9.17, 15) is 4.79 Å². The van der Waals surface area contributed by atoms with Gasteiger partial charge in [0.25, 0.3) is 0 Å². The van der Waals surface area contributed by atoms with Gasteiger partial charge in [0.05, 0.1) is 12.2 Å². The van der Waals surface area contributed by atoms with E-state index in [1.165, 1.54) is 25.0 Å². The molecule has 7 heteroatoms. The van der Waals surface area contributed by atoms with E-state index in [1.54, 1.807) is 11.3 Å². The molecule has 3 rings (SSSR count). The second-order valence-corrected chi connectivity index (χ2v) is 6.56. The van der Waals surface area contributed by atoms with Crippen LogP contribution in [0.3, 0.4) is 0 Å². The smallest absolute Gasteiger partial charge is 0.220 e. The molecule has 1 amide bonds. The fraction of sp³-hybridized carbons (Fsp3) is 0.714. The number of halogens is 2. The Balaban J connectivity index is 0.00000110. The van der Waals surface area contributed by atoms with Gasteiger partial charge in [-0.2, -0.15) is 0 Å². The number of hydrogen-bond acceptors (Lipinski definition) is 4. The maximum absolute atomic E-state index is 11.8. The molecule has 4 nitrogen and oxygen atoms in total. The zero-order valence-electron chi connectivity index (χ0n) is 12.0. The van der Waals surface area contributed by atoms with E-state index in [4.69, 9.17) is 0 Å². The molecule has 0 bridgehead atoms. The summed E-state index contributed by atoms with van der Waals surface area (Å²) in [6, 6.07) is 0. The predicted molar refractivity (Wildman–Crippen MR) is 90.6 cm³/mol. The molecule has 0 aromatic carbocycles. The Morgan fingerprint density at radius 2 is 2.19 bits per heavy atom. The van der Waals surface area contributed by atoms with Gasteiger partial charge in [0.1, 0.15) is 5.01 Å². The lowest BCUT2D eigenvalue weighted by molar-refractivity contribution is -0.121. The van der Waals surface area contributed by atoms with Crippen LogP contribution in [0.15, 0.2) is 5.38 Å². The van der Waals surface area contributed by atoms with Crippen molar-refractivity contribution in [2.45, 2.75) is 44.6 Å². The number of hydrogen-bond donors (Lipinski definition) is 2. The maximum atomic E-state index is 11.8. The number of nitrogens with one attached hydrogen (secondary N) is 2. The highest BCUT2D eigenvalue weighted by atomic mass is 35.5. The summed E-state index contributed by atoms with van der Waals surface area (Å²) in [5, 5.41) is 9.50. The summed E-state index contributed by atoms with van der Waals surface area (Å²) in [5.74, 6) is 1.55. The molecule has 2 aliphatic rings. The van der Waals surface area contributed by atoms with Crippen LogP contribution in [-0.4, -0.2) is 24.0 Å². The van der Waals surface area contributed by atoms with E-state index in [2.05, 4.69) is 21.0 Å². The molecule has 1 unspecified atom stereocenters. The highest BCUT2D eigenvalue weighted by molar-refractivity contribution is 7.09. The molecule has 1 saturated heterocycles. The molecule has 1 aliphatic carbocycles. The van der Waals surface area contributed by atoms with Gasteiger partial charge in [-0.3, -0.25) is 4.79 Å². The molecule has 0 radical (unpaired) electrons. The van der Waals surface area contributed by atoms with Crippen molar-refractivity contribution in [1.82, 2.24) is 15.6 Å². The molecule has 120 valence electrons. The Morgan fingerprint density at radius 3 is 2.86 bits per heavy atom. The number of carbonyl (C=O) groups is 1. The van der Waals surface area contributed by atoms with Crippen molar-refractivity contribution in [2.24, 2.45) is 5.92 Å². The van der Waals surface area contributed by atoms with Crippen LogP contribution in [0.4, 0.5) is 0 Å². The van der Waals surface area contributed by atoms with Crippen LogP contribution < -0.4 is 10.6 Å². The van der Waals surface area contributed by atoms with Crippen LogP contribution in [-0.2, 0) is 11.3 Å². The van der Waals surface area contributed by atoms with Crippen LogP contribution in [0.2, 0.25) is 0 Å². The third-order valence-corrected chi connectivity index (χ3v) is 4.81. The molecule has 1 saturated carbocycles. The van der Waals surface area contributed by atoms with Gasteiger partial charge in [0, 0.05) is 17.7 Å². The predicted octanol–water partition coefficient (Wildman–Crippen LogP) is 2.87. The van der Waals surface area contributed by atoms with E-state index in [1.807, 2.05) is 0 Å². The highest BCUT2D eigenvalue weighted by Gasteiger charge is 2.26. The van der Waals surface area contributed by atoms with Crippen LogP contribution in [0.1, 0.15) is 48.7 Å². The summed E-state index contributed by atoms with van der Waals surface area (Å²) in [6.45, 7) is 2.78. The fourth-order valence-electron chi connectivity index (χ4n) is 2.53. The SMILES string of the molecule is Cl.Cl.O=C(CCC1CCNC1)NCc1nc(C2CC2)cs1. The Hall–Kier alpha value is -0.360. The van der Waals surface area contributed by atoms with Gasteiger partial charge in [0.2, 0.25) is 5.91 Å². The largest absolute Gasteiger partial charge is 0.350 e. The van der Waals surface area contributed by atoms with Gasteiger partial charge >= 0.3 is 0 Å². The van der Waals surface area contributed by atoms with E-state index in [0.29, 0.717) is 24.8 Å². The lowest BCUT2D eigenvalue weighted by atomic mass is 10.0. The van der Waals surface area contributed by atoms with Gasteiger partial charge in [0.15, 0.2) is 0 Å². The number of nitrogens with zero attached hydrogens (tertiary/aromatic N) is 1. The van der Waals surface area contributed by atoms with Crippen molar-refractivity contribution >= 4 is 42.1 Å². The average molecular weight is 352 g/mol. The van der Waals surface area contributed by atoms with Crippen molar-refractivity contribution in [1.29, 1.82) is 0 Å². The van der Waals surface area contributed by atoms with E-state index in [-0.39, 0.29) is 30.7 Å². The number of rotatable bonds is 6. The standard InChI is InChI=1S/C14H21N3OS.2ClH/c18-13(4-1-10-5-6-15-7-10)16-8-14-17-12(9-19-14)11-2-3-11;;/h9-11,15H,1-8H2,(H,16,18);2*1H. The molecule has 1 aliphatic heterocycles. The fourth-order valence-corrected chi connectivity index (χ4v) is 3.35. The lowest BCUT2D eigenvalue weighted by Crippen LogP contribution is -2.23. The minimum Gasteiger partial charge on any atom is -0.350 e. The van der Waals surface area contributed by atoms with Crippen molar-refractivity contribution in [2.75, 3.05) is 13.1 Å². The van der Waals surface area contributed by atoms with Crippen molar-refractivity contribution < 1.29 is 4.79 Å². The van der Waals surface area contributed by atoms with Crippen molar-refractivity contribution in [3.05, 3.63) is 16.1 Å². The Labute approximate surface area is 142 Å². The maximum Gasteiger partial charge on any atom is 0.220 e. The summed E-state index contributed by atoms with van der Waals surface area (Å²) < 4.78 is 0. The number of thiazole rings is 1. The summed E-state index contributed by atoms with van der Waals surface area (Å²) >= 11 is 1.67. The molecule has 2 N–H and O–H groups in total. The van der Waals surface area contributed by atoms with Gasteiger partial charge in [-0.1, -0.05) is 0 Å². The van der Waals surface area contributed by atoms with Gasteiger partial charge in [-0.05, 0) is 44.7 Å². The molecular weight excluding hydrogens is 329 g/mol. The van der Waals surface area contributed by atoms with Gasteiger partial charge in [-0.25, -0.2) is 4.98 Å². The molecular formula is C14H23Cl2N3OS. The third-order valence-electron chi connectivity index (χ3n) is 3.94. The minimum absolute atomic E-state index is 0. The second-order valence-electron chi connectivity index (χ2n) is 5.61. The summed E-state index contributed by atoms with van der Waals surface area (Å²) in [4.78, 5) is 16.3. The Morgan fingerprint density at radius 1 is 1.38 bits per heavy atom. The topological polar surface area (TPSA) is 54.0 Å². The van der Waals surface area contributed by atoms with Gasteiger partial charge < -0.3 is 10.6 Å². The van der Waals surface area contributed by atoms with Gasteiger partial charge in [-0.15, -0.1) is 36.2 Å². The van der Waals surface area contributed by atoms with E-state index >= 15 is 0 Å². The monoisotopic (exact) mass is 351 g/mol. The number of amides is 1. The third kappa shape index (κ3) is 5.74. The van der Waals surface area contributed by atoms with Crippen LogP contribution in [0, 0.1) is 5.92 Å². The number of carbonyl (C=O) groups excluding carboxylic acids is 1. The second kappa shape index (κ2) is 8.93. The Bertz CT molecular complexity index is 445. The summed E-state index contributed by atoms with van der Waals surface area (Å²) in [6.07, 6.45) is 5.43. The van der Waals surface area contributed by atoms with Crippen LogP contribution >= 0.6 is 36.2 Å². The average Bonchev–Trinajstić information content (AvgIpc) is 2.95. The van der Waals surface area contributed by atoms with E-state index < -0.39 is 0 Å². The molecule has 2 heterocycles. The summed E-state index contributed by atoms with van der Waals surface area (Å²) in [5.41, 5.74) is 1.23. The molecule has 2 fully saturated rings. The number of aromatic nitrogens is 1. The van der Waals surface area contributed by atoms with Crippen LogP contribution in [0.25, 0.3) is 0 Å². The zero-order valence-corrected chi connectivity index (χ0v) is 14.4. The molecule has 1 aromatic heterocycles. The lowest BCUT2D eigenvalue weighted by Gasteiger charge is -2.07. The minimum atomic E-state index is 0. The quantitative estimate of drug-likeness (QED) is 0.828. The first-order chi connectivity index (χ1) is 9.31. The Kier molecular flexibility index (Phi) is 7.95. The first kappa shape index (κ1) is 18.7. The summed E-state index contributed by atoms with van der Waals surface area (Å²) in [7, 11) is 0. The normalized spacial score (nSPS) is 20.5. The first-order valence-corrected chi connectivity index (χ1v) is 8.11. The molecule has 21 heavy (non-hydrogen) atoms. The molecule has 1 atom stereocenters. The highest BCUT2D eigenvalue weighted by Crippen LogP contribution is 2.40. The van der Waals surface area contributed by atoms with E-state index in [0.717, 1.165) is 24.5 Å². The first-order valence-electron chi connectivity index (χ1n) is 7.23. The molecule has 0 spiro atoms. The van der Waals surface area contributed by atoms with Crippen molar-refractivity contribution in [3.63, 3.8) is 0 Å². The van der Waals surface area contributed by atoms with Crippen LogP contribution in [0.5, 0.6) is 0 Å². The zero-order chi connectivity index (χ0) is 13.1. The van der Waals surface area contributed by atoms with Crippen molar-refractivity contribution in [3.8, 4) is 0 Å².